The molecule has 4 rings (SSSR count). The third-order valence-corrected chi connectivity index (χ3v) is 5.39. The van der Waals surface area contributed by atoms with Crippen molar-refractivity contribution in [3.8, 4) is 0 Å². The normalized spacial score (nSPS) is 16.9. The minimum atomic E-state index is -0.989. The maximum atomic E-state index is 13.3. The average molecular weight is 451 g/mol. The summed E-state index contributed by atoms with van der Waals surface area (Å²) in [6.07, 6.45) is 8.05. The number of carbonyl (C=O) groups is 2. The number of pyridine rings is 1. The molecule has 2 amide bonds. The first kappa shape index (κ1) is 22.5. The van der Waals surface area contributed by atoms with Gasteiger partial charge in [-0.05, 0) is 25.0 Å². The number of rotatable bonds is 8. The highest BCUT2D eigenvalue weighted by molar-refractivity contribution is 6.42. The van der Waals surface area contributed by atoms with E-state index in [2.05, 4.69) is 30.6 Å². The van der Waals surface area contributed by atoms with Crippen LogP contribution in [-0.2, 0) is 9.53 Å². The number of anilines is 2. The molecule has 1 saturated heterocycles. The minimum Gasteiger partial charge on any atom is -0.378 e. The molecule has 0 bridgehead atoms. The van der Waals surface area contributed by atoms with Gasteiger partial charge in [-0.2, -0.15) is 0 Å². The Labute approximate surface area is 191 Å². The van der Waals surface area contributed by atoms with Crippen LogP contribution in [0.1, 0.15) is 34.9 Å². The van der Waals surface area contributed by atoms with Crippen molar-refractivity contribution in [2.24, 2.45) is 4.99 Å². The molecule has 3 heterocycles. The number of hydrogen-bond donors (Lipinski definition) is 3. The van der Waals surface area contributed by atoms with Crippen molar-refractivity contribution in [1.29, 1.82) is 5.41 Å². The molecule has 1 saturated carbocycles. The van der Waals surface area contributed by atoms with E-state index >= 15 is 0 Å². The Kier molecular flexibility index (Phi) is 6.98. The Morgan fingerprint density at radius 2 is 1.97 bits per heavy atom. The first-order valence-corrected chi connectivity index (χ1v) is 10.8. The Morgan fingerprint density at radius 1 is 1.24 bits per heavy atom. The molecular formula is C22H26N8O3. The SMILES string of the molecule is CN=CC(NC(=O)c1nc(C2CC2)ccc1Nc1cncnc1)C(=N)C(=O)N1CCOCC1. The number of nitrogens with zero attached hydrogens (tertiary/aromatic N) is 5. The van der Waals surface area contributed by atoms with Crippen molar-refractivity contribution >= 4 is 35.1 Å². The average Bonchev–Trinajstić information content (AvgIpc) is 3.70. The number of ether oxygens (including phenoxy) is 1. The molecule has 33 heavy (non-hydrogen) atoms. The second kappa shape index (κ2) is 10.3. The van der Waals surface area contributed by atoms with Gasteiger partial charge in [-0.1, -0.05) is 0 Å². The van der Waals surface area contributed by atoms with Gasteiger partial charge in [-0.25, -0.2) is 15.0 Å². The van der Waals surface area contributed by atoms with E-state index in [0.29, 0.717) is 43.6 Å². The van der Waals surface area contributed by atoms with Crippen LogP contribution < -0.4 is 10.6 Å². The van der Waals surface area contributed by atoms with Crippen LogP contribution in [-0.4, -0.2) is 83.0 Å². The highest BCUT2D eigenvalue weighted by Crippen LogP contribution is 2.39. The predicted molar refractivity (Wildman–Crippen MR) is 122 cm³/mol. The van der Waals surface area contributed by atoms with Crippen molar-refractivity contribution in [2.75, 3.05) is 38.7 Å². The Hall–Kier alpha value is -3.73. The molecule has 1 aliphatic heterocycles. The van der Waals surface area contributed by atoms with Gasteiger partial charge >= 0.3 is 0 Å². The number of aliphatic imine (C=N–C) groups is 1. The number of carbonyl (C=O) groups excluding carboxylic acids is 2. The molecule has 2 aromatic rings. The smallest absolute Gasteiger partial charge is 0.272 e. The molecule has 1 aliphatic carbocycles. The third-order valence-electron chi connectivity index (χ3n) is 5.39. The van der Waals surface area contributed by atoms with Crippen molar-refractivity contribution < 1.29 is 14.3 Å². The Morgan fingerprint density at radius 3 is 2.64 bits per heavy atom. The van der Waals surface area contributed by atoms with E-state index in [9.17, 15) is 9.59 Å². The summed E-state index contributed by atoms with van der Waals surface area (Å²) in [4.78, 5) is 44.1. The van der Waals surface area contributed by atoms with Gasteiger partial charge < -0.3 is 20.3 Å². The highest BCUT2D eigenvalue weighted by atomic mass is 16.5. The molecule has 172 valence electrons. The summed E-state index contributed by atoms with van der Waals surface area (Å²) >= 11 is 0. The molecule has 0 radical (unpaired) electrons. The molecular weight excluding hydrogens is 424 g/mol. The molecule has 0 aromatic carbocycles. The van der Waals surface area contributed by atoms with Crippen LogP contribution in [0.15, 0.2) is 35.8 Å². The Bertz CT molecular complexity index is 1050. The van der Waals surface area contributed by atoms with Crippen LogP contribution >= 0.6 is 0 Å². The largest absolute Gasteiger partial charge is 0.378 e. The quantitative estimate of drug-likeness (QED) is 0.512. The molecule has 11 nitrogen and oxygen atoms in total. The maximum absolute atomic E-state index is 13.3. The summed E-state index contributed by atoms with van der Waals surface area (Å²) in [6, 6.07) is 2.71. The molecule has 3 N–H and O–H groups in total. The third kappa shape index (κ3) is 5.55. The number of nitrogens with one attached hydrogen (secondary N) is 3. The monoisotopic (exact) mass is 450 g/mol. The van der Waals surface area contributed by atoms with Gasteiger partial charge in [0, 0.05) is 38.0 Å². The fourth-order valence-electron chi connectivity index (χ4n) is 3.49. The zero-order valence-electron chi connectivity index (χ0n) is 18.3. The summed E-state index contributed by atoms with van der Waals surface area (Å²) in [5.41, 5.74) is 1.83. The predicted octanol–water partition coefficient (Wildman–Crippen LogP) is 1.17. The first-order chi connectivity index (χ1) is 16.1. The second-order valence-corrected chi connectivity index (χ2v) is 7.84. The highest BCUT2D eigenvalue weighted by Gasteiger charge is 2.30. The lowest BCUT2D eigenvalue weighted by Crippen LogP contribution is -2.51. The van der Waals surface area contributed by atoms with Gasteiger partial charge in [0.1, 0.15) is 18.1 Å². The van der Waals surface area contributed by atoms with E-state index in [-0.39, 0.29) is 11.4 Å². The topological polar surface area (TPSA) is 146 Å². The lowest BCUT2D eigenvalue weighted by Gasteiger charge is -2.28. The summed E-state index contributed by atoms with van der Waals surface area (Å²) < 4.78 is 5.27. The van der Waals surface area contributed by atoms with Crippen LogP contribution in [0.2, 0.25) is 0 Å². The molecule has 11 heteroatoms. The number of morpholine rings is 1. The molecule has 2 aliphatic rings. The van der Waals surface area contributed by atoms with Gasteiger partial charge in [-0.15, -0.1) is 0 Å². The lowest BCUT2D eigenvalue weighted by molar-refractivity contribution is -0.128. The standard InChI is InChI=1S/C22H26N8O3/c1-24-12-18(19(23)22(32)30-6-8-33-9-7-30)29-21(31)20-17(27-15-10-25-13-26-11-15)5-4-16(28-20)14-2-3-14/h4-5,10-14,18,23,27H,2-3,6-9H2,1H3,(H,29,31). The number of amides is 2. The second-order valence-electron chi connectivity index (χ2n) is 7.84. The zero-order chi connectivity index (χ0) is 23.2. The summed E-state index contributed by atoms with van der Waals surface area (Å²) in [5, 5.41) is 14.3. The van der Waals surface area contributed by atoms with E-state index < -0.39 is 17.9 Å². The minimum absolute atomic E-state index is 0.171. The molecule has 0 spiro atoms. The Balaban J connectivity index is 1.56. The maximum Gasteiger partial charge on any atom is 0.272 e. The van der Waals surface area contributed by atoms with Crippen LogP contribution in [0.5, 0.6) is 0 Å². The van der Waals surface area contributed by atoms with Crippen molar-refractivity contribution in [3.05, 3.63) is 42.2 Å². The lowest BCUT2D eigenvalue weighted by atomic mass is 10.1. The van der Waals surface area contributed by atoms with Crippen molar-refractivity contribution in [1.82, 2.24) is 25.2 Å². The molecule has 2 fully saturated rings. The van der Waals surface area contributed by atoms with E-state index in [4.69, 9.17) is 10.1 Å². The van der Waals surface area contributed by atoms with Crippen LogP contribution in [0.25, 0.3) is 0 Å². The number of aromatic nitrogens is 3. The van der Waals surface area contributed by atoms with Crippen molar-refractivity contribution in [2.45, 2.75) is 24.8 Å². The van der Waals surface area contributed by atoms with Crippen LogP contribution in [0.3, 0.4) is 0 Å². The first-order valence-electron chi connectivity index (χ1n) is 10.8. The van der Waals surface area contributed by atoms with Crippen molar-refractivity contribution in [3.63, 3.8) is 0 Å². The molecule has 1 unspecified atom stereocenters. The van der Waals surface area contributed by atoms with E-state index in [1.807, 2.05) is 6.07 Å². The van der Waals surface area contributed by atoms with Crippen LogP contribution in [0.4, 0.5) is 11.4 Å². The van der Waals surface area contributed by atoms with E-state index in [0.717, 1.165) is 18.5 Å². The van der Waals surface area contributed by atoms with E-state index in [1.54, 1.807) is 23.4 Å². The summed E-state index contributed by atoms with van der Waals surface area (Å²) in [5.74, 6) is -0.621. The van der Waals surface area contributed by atoms with Gasteiger partial charge in [0.25, 0.3) is 11.8 Å². The summed E-state index contributed by atoms with van der Waals surface area (Å²) in [6.45, 7) is 1.66. The van der Waals surface area contributed by atoms with Crippen LogP contribution in [0, 0.1) is 5.41 Å². The fraction of sp³-hybridized carbons (Fsp3) is 0.409. The fourth-order valence-corrected chi connectivity index (χ4v) is 3.49. The van der Waals surface area contributed by atoms with E-state index in [1.165, 1.54) is 19.6 Å². The zero-order valence-corrected chi connectivity index (χ0v) is 18.3. The van der Waals surface area contributed by atoms with Gasteiger partial charge in [-0.3, -0.25) is 20.0 Å². The van der Waals surface area contributed by atoms with Gasteiger partial charge in [0.2, 0.25) is 0 Å². The molecule has 2 aromatic heterocycles. The molecule has 1 atom stereocenters. The summed E-state index contributed by atoms with van der Waals surface area (Å²) in [7, 11) is 1.53. The van der Waals surface area contributed by atoms with Gasteiger partial charge in [0.05, 0.1) is 37.0 Å². The number of hydrogen-bond acceptors (Lipinski definition) is 9. The van der Waals surface area contributed by atoms with Gasteiger partial charge in [0.15, 0.2) is 5.69 Å².